The van der Waals surface area contributed by atoms with Crippen LogP contribution in [-0.4, -0.2) is 54.6 Å². The molecular weight excluding hydrogens is 278 g/mol. The van der Waals surface area contributed by atoms with Crippen molar-refractivity contribution >= 4 is 23.1 Å². The second kappa shape index (κ2) is 6.97. The average Bonchev–Trinajstić information content (AvgIpc) is 2.78. The van der Waals surface area contributed by atoms with Gasteiger partial charge in [0.05, 0.1) is 24.5 Å². The molecule has 1 aliphatic rings. The minimum absolute atomic E-state index is 0.0148. The second-order valence-electron chi connectivity index (χ2n) is 4.91. The number of thiophene rings is 1. The number of rotatable bonds is 6. The van der Waals surface area contributed by atoms with Crippen molar-refractivity contribution in [1.82, 2.24) is 4.90 Å². The molecule has 0 bridgehead atoms. The Kier molecular flexibility index (Phi) is 5.28. The third-order valence-corrected chi connectivity index (χ3v) is 4.67. The molecule has 1 saturated heterocycles. The van der Waals surface area contributed by atoms with Gasteiger partial charge in [0.25, 0.3) is 0 Å². The zero-order chi connectivity index (χ0) is 14.5. The Hall–Kier alpha value is -1.24. The Morgan fingerprint density at radius 3 is 2.75 bits per heavy atom. The number of ether oxygens (including phenoxy) is 1. The van der Waals surface area contributed by atoms with E-state index in [1.54, 1.807) is 5.38 Å². The molecule has 1 aromatic rings. The van der Waals surface area contributed by atoms with Crippen LogP contribution in [0.5, 0.6) is 0 Å². The second-order valence-corrected chi connectivity index (χ2v) is 5.79. The number of carboxylic acids is 1. The van der Waals surface area contributed by atoms with E-state index in [2.05, 4.69) is 4.90 Å². The maximum Gasteiger partial charge on any atom is 0.307 e. The normalized spacial score (nSPS) is 16.2. The summed E-state index contributed by atoms with van der Waals surface area (Å²) in [7, 11) is 0. The van der Waals surface area contributed by atoms with Crippen molar-refractivity contribution in [3.63, 3.8) is 0 Å². The number of hydrogen-bond acceptors (Lipinski definition) is 5. The molecule has 1 aliphatic heterocycles. The molecule has 0 radical (unpaired) electrons. The van der Waals surface area contributed by atoms with Gasteiger partial charge in [0.1, 0.15) is 0 Å². The molecule has 2 rings (SSSR count). The van der Waals surface area contributed by atoms with Gasteiger partial charge in [0, 0.05) is 26.1 Å². The van der Waals surface area contributed by atoms with Gasteiger partial charge in [-0.3, -0.25) is 14.5 Å². The van der Waals surface area contributed by atoms with Crippen LogP contribution in [0.2, 0.25) is 0 Å². The topological polar surface area (TPSA) is 66.8 Å². The third-order valence-electron chi connectivity index (χ3n) is 3.50. The Morgan fingerprint density at radius 1 is 1.40 bits per heavy atom. The van der Waals surface area contributed by atoms with E-state index < -0.39 is 5.97 Å². The number of Topliss-reactive ketones (excluding diaryl/α,β-unsaturated/α-hetero) is 1. The molecule has 1 N–H and O–H groups in total. The first-order valence-electron chi connectivity index (χ1n) is 6.70. The molecule has 5 nitrogen and oxygen atoms in total. The third kappa shape index (κ3) is 3.88. The van der Waals surface area contributed by atoms with Crippen molar-refractivity contribution in [2.24, 2.45) is 0 Å². The highest BCUT2D eigenvalue weighted by molar-refractivity contribution is 7.12. The number of ketones is 1. The van der Waals surface area contributed by atoms with Crippen LogP contribution < -0.4 is 0 Å². The van der Waals surface area contributed by atoms with E-state index in [0.717, 1.165) is 44.0 Å². The van der Waals surface area contributed by atoms with Gasteiger partial charge in [-0.25, -0.2) is 0 Å². The maximum atomic E-state index is 12.2. The zero-order valence-corrected chi connectivity index (χ0v) is 12.4. The van der Waals surface area contributed by atoms with Crippen LogP contribution in [0.3, 0.4) is 0 Å². The van der Waals surface area contributed by atoms with Gasteiger partial charge in [-0.15, -0.1) is 11.3 Å². The predicted octanol–water partition coefficient (Wildman–Crippen LogP) is 1.59. The first-order valence-corrected chi connectivity index (χ1v) is 7.58. The molecule has 0 unspecified atom stereocenters. The lowest BCUT2D eigenvalue weighted by molar-refractivity contribution is -0.136. The van der Waals surface area contributed by atoms with Crippen LogP contribution in [0.15, 0.2) is 5.38 Å². The summed E-state index contributed by atoms with van der Waals surface area (Å²) < 4.78 is 5.27. The lowest BCUT2D eigenvalue weighted by Crippen LogP contribution is -2.37. The fraction of sp³-hybridized carbons (Fsp3) is 0.571. The molecule has 1 aromatic heterocycles. The predicted molar refractivity (Wildman–Crippen MR) is 76.6 cm³/mol. The quantitative estimate of drug-likeness (QED) is 0.808. The Bertz CT molecular complexity index is 491. The minimum atomic E-state index is -0.863. The van der Waals surface area contributed by atoms with E-state index in [1.165, 1.54) is 11.3 Å². The van der Waals surface area contributed by atoms with Crippen molar-refractivity contribution in [3.8, 4) is 0 Å². The number of hydrogen-bond donors (Lipinski definition) is 1. The molecular formula is C14H19NO4S. The molecule has 20 heavy (non-hydrogen) atoms. The van der Waals surface area contributed by atoms with Crippen LogP contribution in [-0.2, 0) is 16.0 Å². The molecule has 0 spiro atoms. The van der Waals surface area contributed by atoms with E-state index >= 15 is 0 Å². The fourth-order valence-corrected chi connectivity index (χ4v) is 3.32. The Balaban J connectivity index is 1.91. The average molecular weight is 297 g/mol. The van der Waals surface area contributed by atoms with E-state index in [9.17, 15) is 9.59 Å². The van der Waals surface area contributed by atoms with Gasteiger partial charge >= 0.3 is 5.97 Å². The standard InChI is InChI=1S/C14H19NO4S/c1-10-11(8-13(17)18)9-20-14(10)12(16)2-3-15-4-6-19-7-5-15/h9H,2-8H2,1H3,(H,17,18). The summed E-state index contributed by atoms with van der Waals surface area (Å²) in [4.78, 5) is 25.9. The van der Waals surface area contributed by atoms with Crippen molar-refractivity contribution in [3.05, 3.63) is 21.4 Å². The summed E-state index contributed by atoms with van der Waals surface area (Å²) >= 11 is 1.36. The van der Waals surface area contributed by atoms with Crippen LogP contribution in [0, 0.1) is 6.92 Å². The minimum Gasteiger partial charge on any atom is -0.481 e. The monoisotopic (exact) mass is 297 g/mol. The van der Waals surface area contributed by atoms with E-state index in [4.69, 9.17) is 9.84 Å². The first kappa shape index (κ1) is 15.2. The van der Waals surface area contributed by atoms with Gasteiger partial charge in [-0.05, 0) is 23.4 Å². The molecule has 0 amide bonds. The Labute approximate surface area is 122 Å². The summed E-state index contributed by atoms with van der Waals surface area (Å²) in [5, 5.41) is 10.6. The van der Waals surface area contributed by atoms with Crippen molar-refractivity contribution in [1.29, 1.82) is 0 Å². The first-order chi connectivity index (χ1) is 9.58. The van der Waals surface area contributed by atoms with Gasteiger partial charge in [0.15, 0.2) is 5.78 Å². The fourth-order valence-electron chi connectivity index (χ4n) is 2.26. The highest BCUT2D eigenvalue weighted by atomic mass is 32.1. The van der Waals surface area contributed by atoms with Crippen LogP contribution >= 0.6 is 11.3 Å². The molecule has 2 heterocycles. The zero-order valence-electron chi connectivity index (χ0n) is 11.6. The van der Waals surface area contributed by atoms with Crippen molar-refractivity contribution < 1.29 is 19.4 Å². The smallest absolute Gasteiger partial charge is 0.307 e. The SMILES string of the molecule is Cc1c(CC(=O)O)csc1C(=O)CCN1CCOCC1. The van der Waals surface area contributed by atoms with Crippen LogP contribution in [0.25, 0.3) is 0 Å². The summed E-state index contributed by atoms with van der Waals surface area (Å²) in [5.74, 6) is -0.756. The van der Waals surface area contributed by atoms with E-state index in [1.807, 2.05) is 6.92 Å². The number of carbonyl (C=O) groups is 2. The molecule has 0 aliphatic carbocycles. The molecule has 0 atom stereocenters. The van der Waals surface area contributed by atoms with Crippen LogP contribution in [0.4, 0.5) is 0 Å². The summed E-state index contributed by atoms with van der Waals surface area (Å²) in [6.45, 7) is 5.79. The van der Waals surface area contributed by atoms with Crippen molar-refractivity contribution in [2.45, 2.75) is 19.8 Å². The largest absolute Gasteiger partial charge is 0.481 e. The number of morpholine rings is 1. The summed E-state index contributed by atoms with van der Waals surface area (Å²) in [6, 6.07) is 0. The number of aliphatic carboxylic acids is 1. The molecule has 1 fully saturated rings. The Morgan fingerprint density at radius 2 is 2.10 bits per heavy atom. The highest BCUT2D eigenvalue weighted by Crippen LogP contribution is 2.24. The number of nitrogens with zero attached hydrogens (tertiary/aromatic N) is 1. The van der Waals surface area contributed by atoms with E-state index in [0.29, 0.717) is 11.3 Å². The maximum absolute atomic E-state index is 12.2. The van der Waals surface area contributed by atoms with Gasteiger partial charge in [0.2, 0.25) is 0 Å². The number of carboxylic acid groups (broad SMARTS) is 1. The molecule has 110 valence electrons. The number of carbonyl (C=O) groups excluding carboxylic acids is 1. The lowest BCUT2D eigenvalue weighted by atomic mass is 10.1. The summed E-state index contributed by atoms with van der Waals surface area (Å²) in [6.07, 6.45) is 0.465. The van der Waals surface area contributed by atoms with Gasteiger partial charge < -0.3 is 9.84 Å². The molecule has 0 aromatic carbocycles. The van der Waals surface area contributed by atoms with Gasteiger partial charge in [-0.2, -0.15) is 0 Å². The molecule has 0 saturated carbocycles. The lowest BCUT2D eigenvalue weighted by Gasteiger charge is -2.26. The van der Waals surface area contributed by atoms with Gasteiger partial charge in [-0.1, -0.05) is 0 Å². The highest BCUT2D eigenvalue weighted by Gasteiger charge is 2.18. The van der Waals surface area contributed by atoms with E-state index in [-0.39, 0.29) is 12.2 Å². The molecule has 6 heteroatoms. The van der Waals surface area contributed by atoms with Crippen LogP contribution in [0.1, 0.15) is 27.2 Å². The van der Waals surface area contributed by atoms with Crippen molar-refractivity contribution in [2.75, 3.05) is 32.8 Å². The summed E-state index contributed by atoms with van der Waals surface area (Å²) in [5.41, 5.74) is 1.57.